The van der Waals surface area contributed by atoms with E-state index in [0.29, 0.717) is 6.61 Å². The van der Waals surface area contributed by atoms with Crippen LogP contribution >= 0.6 is 0 Å². The van der Waals surface area contributed by atoms with Crippen molar-refractivity contribution in [1.82, 2.24) is 0 Å². The number of benzene rings is 3. The van der Waals surface area contributed by atoms with Crippen LogP contribution in [0, 0.1) is 33.8 Å². The van der Waals surface area contributed by atoms with E-state index in [2.05, 4.69) is 5.92 Å². The van der Waals surface area contributed by atoms with Gasteiger partial charge in [0.25, 0.3) is 0 Å². The van der Waals surface area contributed by atoms with Gasteiger partial charge in [-0.25, -0.2) is 0 Å². The molecule has 0 unspecified atom stereocenters. The Bertz CT molecular complexity index is 1330. The average Bonchev–Trinajstić information content (AvgIpc) is 3.02. The maximum atomic E-state index is 13.0. The lowest BCUT2D eigenvalue weighted by molar-refractivity contribution is -0.626. The molecule has 3 aromatic carbocycles. The van der Waals surface area contributed by atoms with Crippen molar-refractivity contribution in [3.63, 3.8) is 0 Å². The van der Waals surface area contributed by atoms with Crippen LogP contribution < -0.4 is 0 Å². The normalized spacial score (nSPS) is 23.5. The minimum atomic E-state index is -1.99. The number of nitrogens with zero attached hydrogens (tertiary/aromatic N) is 2. The van der Waals surface area contributed by atoms with Crippen molar-refractivity contribution in [2.45, 2.75) is 62.8 Å². The summed E-state index contributed by atoms with van der Waals surface area (Å²) >= 11 is 0. The second kappa shape index (κ2) is 15.8. The summed E-state index contributed by atoms with van der Waals surface area (Å²) in [7, 11) is 0. The van der Waals surface area contributed by atoms with Crippen molar-refractivity contribution in [3.05, 3.63) is 118 Å². The van der Waals surface area contributed by atoms with Crippen LogP contribution in [0.5, 0.6) is 0 Å². The SMILES string of the molecule is C#CCO[C@@H]1O[C@H](COCc2ccccc2)[C@@H](OCc2ccccc2)[C@H](OCc2ccccc2)[C@]1(CCC#N)[N+](=O)[O-]. The number of nitro groups is 1. The summed E-state index contributed by atoms with van der Waals surface area (Å²) in [5.74, 6) is 2.36. The molecule has 9 nitrogen and oxygen atoms in total. The fraction of sp³-hybridized carbons (Fsp3) is 0.364. The Labute approximate surface area is 246 Å². The minimum Gasteiger partial charge on any atom is -0.374 e. The van der Waals surface area contributed by atoms with E-state index in [4.69, 9.17) is 30.1 Å². The molecule has 0 bridgehead atoms. The molecule has 0 spiro atoms. The highest BCUT2D eigenvalue weighted by atomic mass is 16.7. The Morgan fingerprint density at radius 2 is 1.40 bits per heavy atom. The van der Waals surface area contributed by atoms with Crippen LogP contribution in [0.2, 0.25) is 0 Å². The Hall–Kier alpha value is -4.09. The lowest BCUT2D eigenvalue weighted by atomic mass is 9.79. The predicted octanol–water partition coefficient (Wildman–Crippen LogP) is 5.07. The predicted molar refractivity (Wildman–Crippen MR) is 154 cm³/mol. The van der Waals surface area contributed by atoms with Crippen molar-refractivity contribution in [1.29, 1.82) is 5.26 Å². The van der Waals surface area contributed by atoms with Crippen molar-refractivity contribution in [2.24, 2.45) is 0 Å². The van der Waals surface area contributed by atoms with E-state index in [1.807, 2.05) is 97.1 Å². The first kappa shape index (κ1) is 30.9. The topological polar surface area (TPSA) is 113 Å². The number of terminal acetylenes is 1. The van der Waals surface area contributed by atoms with E-state index in [-0.39, 0.29) is 39.3 Å². The van der Waals surface area contributed by atoms with E-state index < -0.39 is 35.1 Å². The maximum absolute atomic E-state index is 13.0. The molecule has 3 aromatic rings. The Kier molecular flexibility index (Phi) is 11.6. The van der Waals surface area contributed by atoms with E-state index in [1.165, 1.54) is 0 Å². The second-order valence-corrected chi connectivity index (χ2v) is 9.91. The number of ether oxygens (including phenoxy) is 5. The number of hydrogen-bond donors (Lipinski definition) is 0. The molecule has 9 heteroatoms. The third-order valence-corrected chi connectivity index (χ3v) is 7.11. The third kappa shape index (κ3) is 7.80. The fourth-order valence-electron chi connectivity index (χ4n) is 5.03. The zero-order valence-corrected chi connectivity index (χ0v) is 23.2. The lowest BCUT2D eigenvalue weighted by Crippen LogP contribution is -2.71. The quantitative estimate of drug-likeness (QED) is 0.141. The van der Waals surface area contributed by atoms with Crippen molar-refractivity contribution in [2.75, 3.05) is 13.2 Å². The number of hydrogen-bond acceptors (Lipinski definition) is 8. The molecule has 0 aliphatic carbocycles. The number of rotatable bonds is 15. The Morgan fingerprint density at radius 3 is 1.93 bits per heavy atom. The summed E-state index contributed by atoms with van der Waals surface area (Å²) in [6.45, 7) is 0.328. The van der Waals surface area contributed by atoms with E-state index >= 15 is 0 Å². The molecule has 1 fully saturated rings. The standard InChI is InChI=1S/C33H34N2O7/c1-2-21-39-32-33(35(36)37,19-12-20-34)31(41-24-28-17-10-5-11-18-28)30(40-23-27-15-8-4-9-16-27)29(42-32)25-38-22-26-13-6-3-7-14-26/h1,3-11,13-18,29-32H,12,19,21-25H2/t29-,30-,31+,32-,33+/m1/s1. The van der Waals surface area contributed by atoms with Crippen LogP contribution in [0.4, 0.5) is 0 Å². The first-order valence-corrected chi connectivity index (χ1v) is 13.7. The van der Waals surface area contributed by atoms with Gasteiger partial charge in [-0.05, 0) is 16.7 Å². The van der Waals surface area contributed by atoms with Gasteiger partial charge in [0.1, 0.15) is 18.8 Å². The molecular weight excluding hydrogens is 536 g/mol. The fourth-order valence-corrected chi connectivity index (χ4v) is 5.03. The highest BCUT2D eigenvalue weighted by Crippen LogP contribution is 2.41. The van der Waals surface area contributed by atoms with Gasteiger partial charge in [-0.3, -0.25) is 10.1 Å². The van der Waals surface area contributed by atoms with Gasteiger partial charge in [-0.15, -0.1) is 6.42 Å². The molecule has 218 valence electrons. The van der Waals surface area contributed by atoms with Crippen molar-refractivity contribution < 1.29 is 28.6 Å². The average molecular weight is 571 g/mol. The largest absolute Gasteiger partial charge is 0.374 e. The first-order chi connectivity index (χ1) is 20.6. The van der Waals surface area contributed by atoms with Gasteiger partial charge in [0.05, 0.1) is 32.5 Å². The van der Waals surface area contributed by atoms with Gasteiger partial charge >= 0.3 is 5.54 Å². The van der Waals surface area contributed by atoms with Gasteiger partial charge in [0, 0.05) is 17.8 Å². The molecule has 42 heavy (non-hydrogen) atoms. The number of nitriles is 1. The summed E-state index contributed by atoms with van der Waals surface area (Å²) in [6.07, 6.45) is 0.786. The Morgan fingerprint density at radius 1 is 0.857 bits per heavy atom. The molecule has 1 aliphatic rings. The zero-order valence-electron chi connectivity index (χ0n) is 23.2. The van der Waals surface area contributed by atoms with Crippen LogP contribution in [0.15, 0.2) is 91.0 Å². The van der Waals surface area contributed by atoms with Gasteiger partial charge in [-0.2, -0.15) is 5.26 Å². The molecular formula is C33H34N2O7. The third-order valence-electron chi connectivity index (χ3n) is 7.11. The summed E-state index contributed by atoms with van der Waals surface area (Å²) in [5, 5.41) is 22.5. The van der Waals surface area contributed by atoms with Crippen LogP contribution in [0.1, 0.15) is 29.5 Å². The van der Waals surface area contributed by atoms with E-state index in [9.17, 15) is 15.4 Å². The first-order valence-electron chi connectivity index (χ1n) is 13.7. The smallest absolute Gasteiger partial charge is 0.301 e. The molecule has 5 atom stereocenters. The summed E-state index contributed by atoms with van der Waals surface area (Å²) in [5.41, 5.74) is 0.665. The van der Waals surface area contributed by atoms with Gasteiger partial charge in [0.15, 0.2) is 6.10 Å². The molecule has 1 aliphatic heterocycles. The summed E-state index contributed by atoms with van der Waals surface area (Å²) < 4.78 is 30.9. The van der Waals surface area contributed by atoms with Gasteiger partial charge < -0.3 is 23.7 Å². The van der Waals surface area contributed by atoms with Crippen LogP contribution in [0.25, 0.3) is 0 Å². The highest BCUT2D eigenvalue weighted by Gasteiger charge is 2.67. The molecule has 4 rings (SSSR count). The van der Waals surface area contributed by atoms with Crippen molar-refractivity contribution >= 4 is 0 Å². The van der Waals surface area contributed by atoms with Crippen LogP contribution in [-0.4, -0.2) is 48.3 Å². The molecule has 1 saturated heterocycles. The summed E-state index contributed by atoms with van der Waals surface area (Å²) in [4.78, 5) is 12.5. The maximum Gasteiger partial charge on any atom is 0.301 e. The molecule has 0 aromatic heterocycles. The summed E-state index contributed by atoms with van der Waals surface area (Å²) in [6, 6.07) is 30.5. The molecule has 0 saturated carbocycles. The van der Waals surface area contributed by atoms with Crippen molar-refractivity contribution in [3.8, 4) is 18.4 Å². The van der Waals surface area contributed by atoms with E-state index in [0.717, 1.165) is 16.7 Å². The minimum absolute atomic E-state index is 0.0432. The highest BCUT2D eigenvalue weighted by molar-refractivity contribution is 5.16. The molecule has 0 N–H and O–H groups in total. The van der Waals surface area contributed by atoms with E-state index in [1.54, 1.807) is 0 Å². The Balaban J connectivity index is 1.71. The van der Waals surface area contributed by atoms with Gasteiger partial charge in [0.2, 0.25) is 6.29 Å². The lowest BCUT2D eigenvalue weighted by Gasteiger charge is -2.48. The zero-order chi connectivity index (χ0) is 29.6. The molecule has 1 heterocycles. The second-order valence-electron chi connectivity index (χ2n) is 9.91. The molecule has 0 amide bonds. The molecule has 0 radical (unpaired) electrons. The monoisotopic (exact) mass is 570 g/mol. The van der Waals surface area contributed by atoms with Crippen LogP contribution in [-0.2, 0) is 43.5 Å². The van der Waals surface area contributed by atoms with Crippen LogP contribution in [0.3, 0.4) is 0 Å². The van der Waals surface area contributed by atoms with Gasteiger partial charge in [-0.1, -0.05) is 96.9 Å².